The zero-order valence-electron chi connectivity index (χ0n) is 11.2. The van der Waals surface area contributed by atoms with Crippen LogP contribution in [0.2, 0.25) is 0 Å². The zero-order chi connectivity index (χ0) is 14.2. The summed E-state index contributed by atoms with van der Waals surface area (Å²) in [5, 5.41) is 0. The second-order valence-electron chi connectivity index (χ2n) is 5.53. The first-order valence-corrected chi connectivity index (χ1v) is 6.86. The second-order valence-corrected chi connectivity index (χ2v) is 6.39. The summed E-state index contributed by atoms with van der Waals surface area (Å²) in [4.78, 5) is 25.5. The molecule has 102 valence electrons. The Hall–Kier alpha value is -1.36. The van der Waals surface area contributed by atoms with E-state index >= 15 is 0 Å². The Balaban J connectivity index is 2.22. The molecule has 0 radical (unpaired) electrons. The highest BCUT2D eigenvalue weighted by atomic mass is 79.9. The van der Waals surface area contributed by atoms with E-state index in [9.17, 15) is 9.59 Å². The molecule has 0 saturated heterocycles. The van der Waals surface area contributed by atoms with Gasteiger partial charge in [0, 0.05) is 10.0 Å². The van der Waals surface area contributed by atoms with Gasteiger partial charge in [-0.15, -0.1) is 0 Å². The number of Topliss-reactive ketones (excluding diaryl/α,β-unsaturated/α-hetero) is 1. The number of ketones is 1. The molecular formula is C14H16BrNO3. The Bertz CT molecular complexity index is 534. The highest BCUT2D eigenvalue weighted by molar-refractivity contribution is 9.10. The van der Waals surface area contributed by atoms with Crippen LogP contribution in [0.4, 0.5) is 4.79 Å². The van der Waals surface area contributed by atoms with Crippen LogP contribution in [0, 0.1) is 0 Å². The minimum absolute atomic E-state index is 0.0600. The van der Waals surface area contributed by atoms with E-state index in [0.29, 0.717) is 12.1 Å². The number of fused-ring (bicyclic) bond motifs is 1. The maximum atomic E-state index is 12.1. The Labute approximate surface area is 120 Å². The largest absolute Gasteiger partial charge is 0.444 e. The third-order valence-corrected chi connectivity index (χ3v) is 3.39. The van der Waals surface area contributed by atoms with Crippen molar-refractivity contribution in [1.82, 2.24) is 4.90 Å². The van der Waals surface area contributed by atoms with Crippen LogP contribution in [-0.4, -0.2) is 28.9 Å². The summed E-state index contributed by atoms with van der Waals surface area (Å²) in [6.45, 7) is 5.88. The van der Waals surface area contributed by atoms with E-state index in [1.807, 2.05) is 18.2 Å². The smallest absolute Gasteiger partial charge is 0.411 e. The van der Waals surface area contributed by atoms with Crippen molar-refractivity contribution in [2.45, 2.75) is 32.9 Å². The van der Waals surface area contributed by atoms with E-state index in [0.717, 1.165) is 10.0 Å². The quantitative estimate of drug-likeness (QED) is 0.734. The molecule has 0 aromatic heterocycles. The molecule has 19 heavy (non-hydrogen) atoms. The van der Waals surface area contributed by atoms with Gasteiger partial charge in [-0.05, 0) is 32.4 Å². The van der Waals surface area contributed by atoms with Gasteiger partial charge in [-0.3, -0.25) is 9.69 Å². The van der Waals surface area contributed by atoms with Crippen LogP contribution in [0.3, 0.4) is 0 Å². The van der Waals surface area contributed by atoms with Crippen molar-refractivity contribution in [2.24, 2.45) is 0 Å². The molecule has 1 aliphatic rings. The van der Waals surface area contributed by atoms with Crippen molar-refractivity contribution in [1.29, 1.82) is 0 Å². The molecule has 0 spiro atoms. The van der Waals surface area contributed by atoms with Crippen LogP contribution in [0.25, 0.3) is 0 Å². The van der Waals surface area contributed by atoms with Crippen LogP contribution in [-0.2, 0) is 11.3 Å². The average molecular weight is 326 g/mol. The van der Waals surface area contributed by atoms with Gasteiger partial charge >= 0.3 is 6.09 Å². The predicted octanol–water partition coefficient (Wildman–Crippen LogP) is 3.38. The van der Waals surface area contributed by atoms with Gasteiger partial charge in [0.15, 0.2) is 5.78 Å². The molecule has 1 aromatic carbocycles. The number of rotatable bonds is 0. The van der Waals surface area contributed by atoms with Gasteiger partial charge < -0.3 is 4.74 Å². The molecule has 0 aliphatic carbocycles. The monoisotopic (exact) mass is 325 g/mol. The number of carbonyl (C=O) groups is 2. The van der Waals surface area contributed by atoms with Gasteiger partial charge in [-0.1, -0.05) is 28.1 Å². The molecule has 0 fully saturated rings. The Kier molecular flexibility index (Phi) is 3.67. The number of benzene rings is 1. The fourth-order valence-electron chi connectivity index (χ4n) is 1.98. The molecule has 5 heteroatoms. The summed E-state index contributed by atoms with van der Waals surface area (Å²) >= 11 is 3.37. The first-order valence-electron chi connectivity index (χ1n) is 6.06. The molecule has 1 aromatic rings. The van der Waals surface area contributed by atoms with E-state index in [1.165, 1.54) is 4.90 Å². The fraction of sp³-hybridized carbons (Fsp3) is 0.429. The molecule has 0 unspecified atom stereocenters. The lowest BCUT2D eigenvalue weighted by molar-refractivity contribution is 0.0220. The van der Waals surface area contributed by atoms with Crippen molar-refractivity contribution < 1.29 is 14.3 Å². The van der Waals surface area contributed by atoms with Gasteiger partial charge in [0.1, 0.15) is 5.60 Å². The summed E-state index contributed by atoms with van der Waals surface area (Å²) in [6, 6.07) is 5.54. The topological polar surface area (TPSA) is 46.6 Å². The third kappa shape index (κ3) is 3.15. The first-order chi connectivity index (χ1) is 8.78. The molecule has 1 aliphatic heterocycles. The lowest BCUT2D eigenvalue weighted by atomic mass is 9.99. The van der Waals surface area contributed by atoms with Crippen molar-refractivity contribution in [2.75, 3.05) is 6.54 Å². The van der Waals surface area contributed by atoms with Gasteiger partial charge in [0.2, 0.25) is 0 Å². The van der Waals surface area contributed by atoms with Gasteiger partial charge in [0.05, 0.1) is 13.1 Å². The average Bonchev–Trinajstić information content (AvgIpc) is 2.26. The molecule has 0 atom stereocenters. The Morgan fingerprint density at radius 1 is 1.32 bits per heavy atom. The molecule has 1 heterocycles. The number of halogens is 1. The summed E-state index contributed by atoms with van der Waals surface area (Å²) < 4.78 is 6.07. The van der Waals surface area contributed by atoms with Crippen LogP contribution in [0.5, 0.6) is 0 Å². The van der Waals surface area contributed by atoms with Crippen molar-refractivity contribution >= 4 is 27.8 Å². The number of hydrogen-bond acceptors (Lipinski definition) is 3. The Morgan fingerprint density at radius 2 is 2.00 bits per heavy atom. The maximum Gasteiger partial charge on any atom is 0.411 e. The van der Waals surface area contributed by atoms with Gasteiger partial charge in [0.25, 0.3) is 0 Å². The van der Waals surface area contributed by atoms with E-state index in [4.69, 9.17) is 4.74 Å². The van der Waals surface area contributed by atoms with E-state index in [-0.39, 0.29) is 12.3 Å². The minimum Gasteiger partial charge on any atom is -0.444 e. The second kappa shape index (κ2) is 4.96. The fourth-order valence-corrected chi connectivity index (χ4v) is 2.61. The van der Waals surface area contributed by atoms with Crippen molar-refractivity contribution in [3.63, 3.8) is 0 Å². The lowest BCUT2D eigenvalue weighted by Gasteiger charge is -2.30. The minimum atomic E-state index is -0.558. The van der Waals surface area contributed by atoms with E-state index in [2.05, 4.69) is 15.9 Å². The van der Waals surface area contributed by atoms with Crippen LogP contribution >= 0.6 is 15.9 Å². The predicted molar refractivity (Wildman–Crippen MR) is 75.1 cm³/mol. The van der Waals surface area contributed by atoms with E-state index < -0.39 is 11.7 Å². The van der Waals surface area contributed by atoms with Crippen molar-refractivity contribution in [3.05, 3.63) is 33.8 Å². The number of ether oxygens (including phenoxy) is 1. The summed E-state index contributed by atoms with van der Waals surface area (Å²) in [7, 11) is 0. The molecule has 0 bridgehead atoms. The van der Waals surface area contributed by atoms with Gasteiger partial charge in [-0.2, -0.15) is 0 Å². The molecule has 2 rings (SSSR count). The molecular weight excluding hydrogens is 310 g/mol. The number of carbonyl (C=O) groups excluding carboxylic acids is 2. The highest BCUT2D eigenvalue weighted by Crippen LogP contribution is 2.27. The number of amides is 1. The maximum absolute atomic E-state index is 12.1. The Morgan fingerprint density at radius 3 is 2.63 bits per heavy atom. The standard InChI is InChI=1S/C14H16BrNO3/c1-14(2,3)19-13(18)16-7-9-5-4-6-10(15)12(9)11(17)8-16/h4-6H,7-8H2,1-3H3. The van der Waals surface area contributed by atoms with Crippen molar-refractivity contribution in [3.8, 4) is 0 Å². The van der Waals surface area contributed by atoms with Crippen LogP contribution in [0.1, 0.15) is 36.7 Å². The number of nitrogens with zero attached hydrogens (tertiary/aromatic N) is 1. The first kappa shape index (κ1) is 14.1. The number of hydrogen-bond donors (Lipinski definition) is 0. The van der Waals surface area contributed by atoms with E-state index in [1.54, 1.807) is 20.8 Å². The summed E-state index contributed by atoms with van der Waals surface area (Å²) in [5.41, 5.74) is 0.955. The molecule has 0 saturated carbocycles. The summed E-state index contributed by atoms with van der Waals surface area (Å²) in [6.07, 6.45) is -0.452. The normalized spacial score (nSPS) is 15.2. The molecule has 4 nitrogen and oxygen atoms in total. The summed E-state index contributed by atoms with van der Waals surface area (Å²) in [5.74, 6) is -0.0698. The van der Waals surface area contributed by atoms with Crippen LogP contribution in [0.15, 0.2) is 22.7 Å². The van der Waals surface area contributed by atoms with Crippen LogP contribution < -0.4 is 0 Å². The highest BCUT2D eigenvalue weighted by Gasteiger charge is 2.30. The zero-order valence-corrected chi connectivity index (χ0v) is 12.8. The third-order valence-electron chi connectivity index (χ3n) is 2.73. The van der Waals surface area contributed by atoms with Gasteiger partial charge in [-0.25, -0.2) is 4.79 Å². The lowest BCUT2D eigenvalue weighted by Crippen LogP contribution is -2.42. The SMILES string of the molecule is CC(C)(C)OC(=O)N1CC(=O)c2c(Br)cccc2C1. The molecule has 1 amide bonds. The molecule has 0 N–H and O–H groups in total.